The van der Waals surface area contributed by atoms with Crippen molar-refractivity contribution in [3.05, 3.63) is 36.0 Å². The maximum atomic E-state index is 10.4. The largest absolute Gasteiger partial charge is 0.303 e. The highest BCUT2D eigenvalue weighted by Gasteiger charge is 2.05. The number of carbonyl (C=O) groups is 1. The number of allylic oxidation sites excluding steroid dienone is 5. The molecule has 0 aromatic heterocycles. The molecule has 0 saturated carbocycles. The quantitative estimate of drug-likeness (QED) is 0.475. The van der Waals surface area contributed by atoms with Gasteiger partial charge >= 0.3 is 0 Å². The van der Waals surface area contributed by atoms with Gasteiger partial charge in [0.05, 0.1) is 0 Å². The molecule has 0 radical (unpaired) electrons. The predicted molar refractivity (Wildman–Crippen MR) is 66.7 cm³/mol. The summed E-state index contributed by atoms with van der Waals surface area (Å²) in [4.78, 5) is 10.4. The Morgan fingerprint density at radius 2 is 1.93 bits per heavy atom. The van der Waals surface area contributed by atoms with Crippen molar-refractivity contribution in [1.29, 1.82) is 0 Å². The second-order valence-corrected chi connectivity index (χ2v) is 4.25. The number of hydrogen-bond acceptors (Lipinski definition) is 1. The molecule has 0 fully saturated rings. The van der Waals surface area contributed by atoms with E-state index in [1.807, 2.05) is 12.2 Å². The second kappa shape index (κ2) is 7.22. The topological polar surface area (TPSA) is 17.1 Å². The van der Waals surface area contributed by atoms with E-state index in [9.17, 15) is 4.79 Å². The van der Waals surface area contributed by atoms with Crippen LogP contribution in [0.3, 0.4) is 0 Å². The second-order valence-electron chi connectivity index (χ2n) is 4.25. The molecule has 0 aliphatic heterocycles. The van der Waals surface area contributed by atoms with Gasteiger partial charge in [-0.3, -0.25) is 0 Å². The molecule has 0 saturated heterocycles. The van der Waals surface area contributed by atoms with Crippen LogP contribution in [0.25, 0.3) is 0 Å². The number of hydrogen-bond donors (Lipinski definition) is 0. The van der Waals surface area contributed by atoms with Gasteiger partial charge in [-0.15, -0.1) is 0 Å². The minimum absolute atomic E-state index is 0.328. The fourth-order valence-electron chi connectivity index (χ4n) is 1.28. The summed E-state index contributed by atoms with van der Waals surface area (Å²) in [6, 6.07) is 0. The molecule has 1 nitrogen and oxygen atoms in total. The average Bonchev–Trinajstić information content (AvgIpc) is 2.17. The summed E-state index contributed by atoms with van der Waals surface area (Å²) in [7, 11) is 0. The van der Waals surface area contributed by atoms with E-state index in [0.29, 0.717) is 18.3 Å². The first-order valence-electron chi connectivity index (χ1n) is 5.47. The lowest BCUT2D eigenvalue weighted by molar-refractivity contribution is -0.108. The van der Waals surface area contributed by atoms with Crippen molar-refractivity contribution >= 4 is 6.29 Å². The Hall–Kier alpha value is -1.11. The third-order valence-corrected chi connectivity index (χ3v) is 2.60. The first-order chi connectivity index (χ1) is 7.02. The van der Waals surface area contributed by atoms with Gasteiger partial charge in [-0.05, 0) is 24.3 Å². The monoisotopic (exact) mass is 206 g/mol. The van der Waals surface area contributed by atoms with E-state index < -0.39 is 0 Å². The first kappa shape index (κ1) is 13.9. The summed E-state index contributed by atoms with van der Waals surface area (Å²) in [6.07, 6.45) is 7.59. The van der Waals surface area contributed by atoms with E-state index in [1.54, 1.807) is 0 Å². The lowest BCUT2D eigenvalue weighted by atomic mass is 9.94. The minimum Gasteiger partial charge on any atom is -0.303 e. The Labute approximate surface area is 93.6 Å². The lowest BCUT2D eigenvalue weighted by Gasteiger charge is -2.12. The molecule has 0 spiro atoms. The highest BCUT2D eigenvalue weighted by molar-refractivity contribution is 5.50. The summed E-state index contributed by atoms with van der Waals surface area (Å²) < 4.78 is 0. The zero-order valence-corrected chi connectivity index (χ0v) is 10.3. The Bertz CT molecular complexity index is 269. The Morgan fingerprint density at radius 1 is 1.33 bits per heavy atom. The summed E-state index contributed by atoms with van der Waals surface area (Å²) >= 11 is 0. The molecule has 0 aliphatic rings. The average molecular weight is 206 g/mol. The van der Waals surface area contributed by atoms with E-state index in [2.05, 4.69) is 40.3 Å². The van der Waals surface area contributed by atoms with E-state index in [1.165, 1.54) is 11.1 Å². The molecule has 1 atom stereocenters. The highest BCUT2D eigenvalue weighted by atomic mass is 16.1. The maximum absolute atomic E-state index is 10.4. The normalized spacial score (nSPS) is 15.3. The lowest BCUT2D eigenvalue weighted by Crippen LogP contribution is -1.99. The van der Waals surface area contributed by atoms with E-state index in [0.717, 1.165) is 6.29 Å². The number of carbonyl (C=O) groups excluding carboxylic acids is 1. The van der Waals surface area contributed by atoms with Crippen molar-refractivity contribution in [2.24, 2.45) is 11.8 Å². The standard InChI is InChI=1S/C14H22O/c1-6-7-14(11(2)3)10-13(5)12(4)8-9-15/h6-7,9-12H,1,8H2,2-5H3/b13-10+,14-7+. The molecule has 0 N–H and O–H groups in total. The van der Waals surface area contributed by atoms with Crippen LogP contribution in [0.15, 0.2) is 36.0 Å². The van der Waals surface area contributed by atoms with Crippen LogP contribution in [-0.2, 0) is 4.79 Å². The van der Waals surface area contributed by atoms with Crippen molar-refractivity contribution in [2.45, 2.75) is 34.1 Å². The van der Waals surface area contributed by atoms with Crippen molar-refractivity contribution in [2.75, 3.05) is 0 Å². The van der Waals surface area contributed by atoms with Crippen LogP contribution >= 0.6 is 0 Å². The van der Waals surface area contributed by atoms with Gasteiger partial charge in [0.25, 0.3) is 0 Å². The predicted octanol–water partition coefficient (Wildman–Crippen LogP) is 3.93. The maximum Gasteiger partial charge on any atom is 0.120 e. The molecule has 0 aromatic carbocycles. The fraction of sp³-hybridized carbons (Fsp3) is 0.500. The van der Waals surface area contributed by atoms with E-state index in [4.69, 9.17) is 0 Å². The van der Waals surface area contributed by atoms with Gasteiger partial charge in [0, 0.05) is 6.42 Å². The van der Waals surface area contributed by atoms with Gasteiger partial charge in [0.1, 0.15) is 6.29 Å². The zero-order valence-electron chi connectivity index (χ0n) is 10.3. The fourth-order valence-corrected chi connectivity index (χ4v) is 1.28. The highest BCUT2D eigenvalue weighted by Crippen LogP contribution is 2.19. The van der Waals surface area contributed by atoms with Crippen LogP contribution < -0.4 is 0 Å². The Kier molecular flexibility index (Phi) is 6.68. The number of aldehydes is 1. The summed E-state index contributed by atoms with van der Waals surface area (Å²) in [5, 5.41) is 0. The molecular weight excluding hydrogens is 184 g/mol. The molecule has 0 aliphatic carbocycles. The summed E-state index contributed by atoms with van der Waals surface area (Å²) in [5.74, 6) is 0.816. The first-order valence-corrected chi connectivity index (χ1v) is 5.47. The van der Waals surface area contributed by atoms with Gasteiger partial charge in [0.15, 0.2) is 0 Å². The third-order valence-electron chi connectivity index (χ3n) is 2.60. The third kappa shape index (κ3) is 5.36. The molecule has 15 heavy (non-hydrogen) atoms. The van der Waals surface area contributed by atoms with Crippen LogP contribution in [0.4, 0.5) is 0 Å². The Morgan fingerprint density at radius 3 is 2.33 bits per heavy atom. The van der Waals surface area contributed by atoms with Crippen molar-refractivity contribution in [3.8, 4) is 0 Å². The van der Waals surface area contributed by atoms with Crippen molar-refractivity contribution in [1.82, 2.24) is 0 Å². The molecule has 0 heterocycles. The molecular formula is C14H22O. The van der Waals surface area contributed by atoms with Crippen LogP contribution in [0.5, 0.6) is 0 Å². The van der Waals surface area contributed by atoms with Gasteiger partial charge in [-0.2, -0.15) is 0 Å². The van der Waals surface area contributed by atoms with Gasteiger partial charge in [0.2, 0.25) is 0 Å². The van der Waals surface area contributed by atoms with Crippen molar-refractivity contribution < 1.29 is 4.79 Å². The molecule has 1 unspecified atom stereocenters. The Balaban J connectivity index is 4.74. The smallest absolute Gasteiger partial charge is 0.120 e. The molecule has 0 aromatic rings. The van der Waals surface area contributed by atoms with Gasteiger partial charge in [-0.1, -0.05) is 51.2 Å². The molecule has 1 heteroatoms. The van der Waals surface area contributed by atoms with Crippen molar-refractivity contribution in [3.63, 3.8) is 0 Å². The van der Waals surface area contributed by atoms with Crippen LogP contribution in [-0.4, -0.2) is 6.29 Å². The van der Waals surface area contributed by atoms with Gasteiger partial charge in [-0.25, -0.2) is 0 Å². The summed E-state index contributed by atoms with van der Waals surface area (Å²) in [6.45, 7) is 12.2. The van der Waals surface area contributed by atoms with Crippen LogP contribution in [0.1, 0.15) is 34.1 Å². The van der Waals surface area contributed by atoms with Crippen LogP contribution in [0, 0.1) is 11.8 Å². The molecule has 0 bridgehead atoms. The molecule has 84 valence electrons. The minimum atomic E-state index is 0.328. The number of rotatable bonds is 6. The SMILES string of the molecule is C=C/C=C(\C=C(/C)C(C)CC=O)C(C)C. The van der Waals surface area contributed by atoms with E-state index in [-0.39, 0.29) is 0 Å². The van der Waals surface area contributed by atoms with Crippen LogP contribution in [0.2, 0.25) is 0 Å². The van der Waals surface area contributed by atoms with Gasteiger partial charge < -0.3 is 4.79 Å². The molecule has 0 amide bonds. The van der Waals surface area contributed by atoms with E-state index >= 15 is 0 Å². The summed E-state index contributed by atoms with van der Waals surface area (Å²) in [5.41, 5.74) is 2.52. The molecule has 0 rings (SSSR count). The zero-order chi connectivity index (χ0) is 11.8.